The Morgan fingerprint density at radius 2 is 1.76 bits per heavy atom. The molecular formula is C18H17N3O3S. The second-order valence-electron chi connectivity index (χ2n) is 5.28. The molecule has 0 atom stereocenters. The summed E-state index contributed by atoms with van der Waals surface area (Å²) in [7, 11) is 1.32. The van der Waals surface area contributed by atoms with Crippen molar-refractivity contribution in [2.45, 2.75) is 0 Å². The molecule has 1 aromatic heterocycles. The highest BCUT2D eigenvalue weighted by Gasteiger charge is 2.09. The molecule has 0 saturated heterocycles. The molecule has 0 fully saturated rings. The molecule has 0 saturated carbocycles. The van der Waals surface area contributed by atoms with Crippen LogP contribution in [0.25, 0.3) is 10.1 Å². The van der Waals surface area contributed by atoms with Crippen molar-refractivity contribution in [1.29, 1.82) is 0 Å². The van der Waals surface area contributed by atoms with Crippen molar-refractivity contribution in [2.75, 3.05) is 25.5 Å². The summed E-state index contributed by atoms with van der Waals surface area (Å²) in [6, 6.07) is 14.3. The van der Waals surface area contributed by atoms with Gasteiger partial charge >= 0.3 is 5.97 Å². The van der Waals surface area contributed by atoms with Gasteiger partial charge in [-0.05, 0) is 47.9 Å². The van der Waals surface area contributed by atoms with E-state index in [4.69, 9.17) is 0 Å². The van der Waals surface area contributed by atoms with Gasteiger partial charge < -0.3 is 15.4 Å². The second-order valence-corrected chi connectivity index (χ2v) is 6.08. The van der Waals surface area contributed by atoms with Crippen molar-refractivity contribution in [3.63, 3.8) is 0 Å². The monoisotopic (exact) mass is 355 g/mol. The summed E-state index contributed by atoms with van der Waals surface area (Å²) < 4.78 is 10.1. The topological polar surface area (TPSA) is 80.3 Å². The lowest BCUT2D eigenvalue weighted by molar-refractivity contribution is 0.0600. The third-order valence-corrected chi connectivity index (χ3v) is 4.48. The summed E-state index contributed by atoms with van der Waals surface area (Å²) in [6.07, 6.45) is 0. The van der Waals surface area contributed by atoms with E-state index in [1.165, 1.54) is 18.6 Å². The number of amides is 1. The molecule has 0 bridgehead atoms. The van der Waals surface area contributed by atoms with Crippen molar-refractivity contribution in [1.82, 2.24) is 9.69 Å². The molecule has 1 amide bonds. The Kier molecular flexibility index (Phi) is 5.25. The minimum atomic E-state index is -0.424. The smallest absolute Gasteiger partial charge is 0.337 e. The summed E-state index contributed by atoms with van der Waals surface area (Å²) in [6.45, 7) is 1.03. The number of benzene rings is 2. The number of fused-ring (bicyclic) bond motifs is 1. The first-order valence-corrected chi connectivity index (χ1v) is 8.51. The summed E-state index contributed by atoms with van der Waals surface area (Å²) in [5.41, 5.74) is 0.905. The number of hydrogen-bond acceptors (Lipinski definition) is 6. The molecule has 3 aromatic rings. The quantitative estimate of drug-likeness (QED) is 0.525. The Morgan fingerprint density at radius 1 is 1.04 bits per heavy atom. The van der Waals surface area contributed by atoms with Crippen LogP contribution in [-0.4, -0.2) is 36.4 Å². The van der Waals surface area contributed by atoms with Crippen LogP contribution < -0.4 is 10.6 Å². The van der Waals surface area contributed by atoms with Gasteiger partial charge in [0.15, 0.2) is 0 Å². The summed E-state index contributed by atoms with van der Waals surface area (Å²) in [5, 5.41) is 7.14. The number of hydrogen-bond donors (Lipinski definition) is 2. The van der Waals surface area contributed by atoms with Crippen molar-refractivity contribution in [2.24, 2.45) is 0 Å². The van der Waals surface area contributed by atoms with Gasteiger partial charge in [-0.3, -0.25) is 4.79 Å². The van der Waals surface area contributed by atoms with E-state index in [-0.39, 0.29) is 5.91 Å². The van der Waals surface area contributed by atoms with Crippen LogP contribution >= 0.6 is 11.5 Å². The molecule has 0 aliphatic rings. The molecule has 2 aromatic carbocycles. The number of carbonyl (C=O) groups excluding carboxylic acids is 2. The van der Waals surface area contributed by atoms with Gasteiger partial charge in [0.1, 0.15) is 5.82 Å². The third kappa shape index (κ3) is 3.95. The molecule has 0 unspecified atom stereocenters. The SMILES string of the molecule is COC(=O)c1ccc(C(=O)NCCNc2nsc3ccccc23)cc1. The molecule has 25 heavy (non-hydrogen) atoms. The molecule has 0 aliphatic carbocycles. The van der Waals surface area contributed by atoms with Gasteiger partial charge in [-0.15, -0.1) is 0 Å². The minimum Gasteiger partial charge on any atom is -0.465 e. The zero-order valence-electron chi connectivity index (χ0n) is 13.6. The fourth-order valence-corrected chi connectivity index (χ4v) is 3.10. The number of ether oxygens (including phenoxy) is 1. The van der Waals surface area contributed by atoms with Crippen LogP contribution in [0.15, 0.2) is 48.5 Å². The summed E-state index contributed by atoms with van der Waals surface area (Å²) in [4.78, 5) is 23.5. The molecule has 0 aliphatic heterocycles. The van der Waals surface area contributed by atoms with E-state index >= 15 is 0 Å². The Balaban J connectivity index is 1.50. The number of nitrogens with one attached hydrogen (secondary N) is 2. The van der Waals surface area contributed by atoms with Gasteiger partial charge in [-0.1, -0.05) is 12.1 Å². The predicted octanol–water partition coefficient (Wildman–Crippen LogP) is 2.92. The molecule has 7 heteroatoms. The van der Waals surface area contributed by atoms with Crippen LogP contribution in [-0.2, 0) is 4.74 Å². The van der Waals surface area contributed by atoms with Crippen molar-refractivity contribution < 1.29 is 14.3 Å². The van der Waals surface area contributed by atoms with E-state index in [1.54, 1.807) is 24.3 Å². The van der Waals surface area contributed by atoms with E-state index in [0.29, 0.717) is 24.2 Å². The Labute approximate surface area is 149 Å². The zero-order valence-corrected chi connectivity index (χ0v) is 14.4. The molecule has 128 valence electrons. The highest BCUT2D eigenvalue weighted by atomic mass is 32.1. The predicted molar refractivity (Wildman–Crippen MR) is 98.2 cm³/mol. The van der Waals surface area contributed by atoms with E-state index in [9.17, 15) is 9.59 Å². The van der Waals surface area contributed by atoms with E-state index in [1.807, 2.05) is 24.3 Å². The Bertz CT molecular complexity index is 890. The van der Waals surface area contributed by atoms with Crippen LogP contribution in [0.3, 0.4) is 0 Å². The molecule has 0 radical (unpaired) electrons. The van der Waals surface area contributed by atoms with Gasteiger partial charge in [-0.25, -0.2) is 4.79 Å². The lowest BCUT2D eigenvalue weighted by Crippen LogP contribution is -2.28. The first-order chi connectivity index (χ1) is 12.2. The summed E-state index contributed by atoms with van der Waals surface area (Å²) >= 11 is 1.44. The average molecular weight is 355 g/mol. The lowest BCUT2D eigenvalue weighted by atomic mass is 10.1. The molecule has 0 spiro atoms. The number of rotatable bonds is 6. The first-order valence-electron chi connectivity index (χ1n) is 7.74. The van der Waals surface area contributed by atoms with Crippen molar-refractivity contribution >= 4 is 39.3 Å². The van der Waals surface area contributed by atoms with E-state index < -0.39 is 5.97 Å². The maximum atomic E-state index is 12.1. The molecular weight excluding hydrogens is 338 g/mol. The summed E-state index contributed by atoms with van der Waals surface area (Å²) in [5.74, 6) is 0.213. The van der Waals surface area contributed by atoms with E-state index in [0.717, 1.165) is 15.9 Å². The number of nitrogens with zero attached hydrogens (tertiary/aromatic N) is 1. The standard InChI is InChI=1S/C18H17N3O3S/c1-24-18(23)13-8-6-12(7-9-13)17(22)20-11-10-19-16-14-4-2-3-5-15(14)25-21-16/h2-9H,10-11H2,1H3,(H,19,21)(H,20,22). The molecule has 2 N–H and O–H groups in total. The normalized spacial score (nSPS) is 10.4. The van der Waals surface area contributed by atoms with Crippen molar-refractivity contribution in [3.8, 4) is 0 Å². The number of esters is 1. The number of methoxy groups -OCH3 is 1. The van der Waals surface area contributed by atoms with Gasteiger partial charge in [0.25, 0.3) is 5.91 Å². The van der Waals surface area contributed by atoms with Crippen molar-refractivity contribution in [3.05, 3.63) is 59.7 Å². The van der Waals surface area contributed by atoms with Crippen LogP contribution in [0.1, 0.15) is 20.7 Å². The zero-order chi connectivity index (χ0) is 17.6. The van der Waals surface area contributed by atoms with Gasteiger partial charge in [-0.2, -0.15) is 4.37 Å². The second kappa shape index (κ2) is 7.76. The number of carbonyl (C=O) groups is 2. The molecule has 3 rings (SSSR count). The average Bonchev–Trinajstić information content (AvgIpc) is 3.07. The highest BCUT2D eigenvalue weighted by molar-refractivity contribution is 7.13. The minimum absolute atomic E-state index is 0.193. The van der Waals surface area contributed by atoms with Crippen LogP contribution in [0.4, 0.5) is 5.82 Å². The number of aromatic nitrogens is 1. The first kappa shape index (κ1) is 16.9. The molecule has 6 nitrogen and oxygen atoms in total. The Hall–Kier alpha value is -2.93. The maximum absolute atomic E-state index is 12.1. The van der Waals surface area contributed by atoms with Crippen LogP contribution in [0.2, 0.25) is 0 Å². The Morgan fingerprint density at radius 3 is 2.52 bits per heavy atom. The fourth-order valence-electron chi connectivity index (χ4n) is 2.35. The van der Waals surface area contributed by atoms with Crippen LogP contribution in [0, 0.1) is 0 Å². The fraction of sp³-hybridized carbons (Fsp3) is 0.167. The largest absolute Gasteiger partial charge is 0.465 e. The van der Waals surface area contributed by atoms with Gasteiger partial charge in [0, 0.05) is 24.0 Å². The highest BCUT2D eigenvalue weighted by Crippen LogP contribution is 2.25. The maximum Gasteiger partial charge on any atom is 0.337 e. The van der Waals surface area contributed by atoms with Gasteiger partial charge in [0.05, 0.1) is 17.4 Å². The lowest BCUT2D eigenvalue weighted by Gasteiger charge is -2.07. The molecule has 1 heterocycles. The van der Waals surface area contributed by atoms with E-state index in [2.05, 4.69) is 19.7 Å². The van der Waals surface area contributed by atoms with Gasteiger partial charge in [0.2, 0.25) is 0 Å². The third-order valence-electron chi connectivity index (χ3n) is 3.65. The van der Waals surface area contributed by atoms with Crippen LogP contribution in [0.5, 0.6) is 0 Å². The number of anilines is 1.